The second kappa shape index (κ2) is 6.03. The largest absolute Gasteiger partial charge is 0.464 e. The highest BCUT2D eigenvalue weighted by molar-refractivity contribution is 7.89. The first kappa shape index (κ1) is 16.7. The second-order valence-corrected chi connectivity index (χ2v) is 7.73. The molecule has 3 rings (SSSR count). The lowest BCUT2D eigenvalue weighted by atomic mass is 10.1. The number of benzene rings is 1. The highest BCUT2D eigenvalue weighted by Crippen LogP contribution is 2.27. The van der Waals surface area contributed by atoms with Crippen LogP contribution in [0.1, 0.15) is 27.3 Å². The number of carbonyl (C=O) groups excluding carboxylic acids is 1. The first-order valence-electron chi connectivity index (χ1n) is 7.54. The minimum absolute atomic E-state index is 0.187. The average molecular weight is 349 g/mol. The van der Waals surface area contributed by atoms with Crippen molar-refractivity contribution in [2.75, 3.05) is 13.7 Å². The molecule has 24 heavy (non-hydrogen) atoms. The Labute approximate surface area is 140 Å². The molecule has 1 aromatic carbocycles. The summed E-state index contributed by atoms with van der Waals surface area (Å²) in [5, 5.41) is 4.18. The van der Waals surface area contributed by atoms with E-state index in [-0.39, 0.29) is 17.1 Å². The zero-order valence-corrected chi connectivity index (χ0v) is 14.6. The van der Waals surface area contributed by atoms with E-state index in [2.05, 4.69) is 5.10 Å². The van der Waals surface area contributed by atoms with Crippen molar-refractivity contribution in [1.29, 1.82) is 0 Å². The van der Waals surface area contributed by atoms with Gasteiger partial charge in [0.2, 0.25) is 10.0 Å². The fourth-order valence-corrected chi connectivity index (χ4v) is 4.27. The molecule has 0 spiro atoms. The van der Waals surface area contributed by atoms with Gasteiger partial charge in [-0.25, -0.2) is 13.2 Å². The van der Waals surface area contributed by atoms with Gasteiger partial charge in [0.1, 0.15) is 0 Å². The monoisotopic (exact) mass is 349 g/mol. The molecule has 0 N–H and O–H groups in total. The summed E-state index contributed by atoms with van der Waals surface area (Å²) >= 11 is 0. The van der Waals surface area contributed by atoms with Gasteiger partial charge < -0.3 is 4.74 Å². The van der Waals surface area contributed by atoms with Gasteiger partial charge in [0.15, 0.2) is 5.69 Å². The van der Waals surface area contributed by atoms with Crippen LogP contribution in [0.4, 0.5) is 0 Å². The standard InChI is InChI=1S/C16H19N3O4S/c1-11-4-6-12(7-5-11)24(21,22)19-9-8-13-14(10-19)18(2)17-15(13)16(20)23-3/h4-7H,8-10H2,1-3H3. The van der Waals surface area contributed by atoms with Gasteiger partial charge in [-0.1, -0.05) is 17.7 Å². The minimum atomic E-state index is -3.58. The lowest BCUT2D eigenvalue weighted by molar-refractivity contribution is 0.0591. The van der Waals surface area contributed by atoms with Crippen molar-refractivity contribution in [2.45, 2.75) is 24.8 Å². The number of sulfonamides is 1. The minimum Gasteiger partial charge on any atom is -0.464 e. The Bertz CT molecular complexity index is 885. The molecule has 0 aliphatic carbocycles. The van der Waals surface area contributed by atoms with Crippen LogP contribution in [-0.2, 0) is 34.8 Å². The maximum atomic E-state index is 12.8. The molecule has 1 aromatic heterocycles. The van der Waals surface area contributed by atoms with E-state index >= 15 is 0 Å². The number of hydrogen-bond acceptors (Lipinski definition) is 5. The van der Waals surface area contributed by atoms with Crippen molar-refractivity contribution < 1.29 is 17.9 Å². The molecule has 0 atom stereocenters. The Hall–Kier alpha value is -2.19. The molecular weight excluding hydrogens is 330 g/mol. The summed E-state index contributed by atoms with van der Waals surface area (Å²) in [6.07, 6.45) is 0.429. The van der Waals surface area contributed by atoms with E-state index in [1.165, 1.54) is 11.4 Å². The molecule has 0 bridgehead atoms. The third kappa shape index (κ3) is 2.71. The van der Waals surface area contributed by atoms with E-state index in [4.69, 9.17) is 4.74 Å². The summed E-state index contributed by atoms with van der Waals surface area (Å²) in [5.74, 6) is -0.498. The van der Waals surface area contributed by atoms with Crippen molar-refractivity contribution in [1.82, 2.24) is 14.1 Å². The SMILES string of the molecule is COC(=O)c1nn(C)c2c1CCN(S(=O)(=O)c1ccc(C)cc1)C2. The lowest BCUT2D eigenvalue weighted by Gasteiger charge is -2.26. The molecular formula is C16H19N3O4S. The average Bonchev–Trinajstić information content (AvgIpc) is 2.91. The van der Waals surface area contributed by atoms with Crippen LogP contribution >= 0.6 is 0 Å². The summed E-state index contributed by atoms with van der Waals surface area (Å²) in [6.45, 7) is 2.40. The second-order valence-electron chi connectivity index (χ2n) is 5.79. The Balaban J connectivity index is 1.94. The first-order valence-corrected chi connectivity index (χ1v) is 8.98. The predicted molar refractivity (Wildman–Crippen MR) is 87.0 cm³/mol. The van der Waals surface area contributed by atoms with Gasteiger partial charge >= 0.3 is 5.97 Å². The zero-order chi connectivity index (χ0) is 17.5. The van der Waals surface area contributed by atoms with Crippen LogP contribution < -0.4 is 0 Å². The third-order valence-corrected chi connectivity index (χ3v) is 6.11. The highest BCUT2D eigenvalue weighted by atomic mass is 32.2. The topological polar surface area (TPSA) is 81.5 Å². The molecule has 128 valence electrons. The van der Waals surface area contributed by atoms with Gasteiger partial charge in [0.25, 0.3) is 0 Å². The van der Waals surface area contributed by atoms with Crippen LogP contribution in [-0.4, -0.2) is 42.1 Å². The zero-order valence-electron chi connectivity index (χ0n) is 13.8. The van der Waals surface area contributed by atoms with Gasteiger partial charge in [-0.15, -0.1) is 0 Å². The Morgan fingerprint density at radius 3 is 2.54 bits per heavy atom. The van der Waals surface area contributed by atoms with Gasteiger partial charge in [0.05, 0.1) is 24.2 Å². The maximum Gasteiger partial charge on any atom is 0.358 e. The molecule has 2 heterocycles. The van der Waals surface area contributed by atoms with Crippen LogP contribution in [0.5, 0.6) is 0 Å². The molecule has 0 saturated heterocycles. The van der Waals surface area contributed by atoms with E-state index in [1.807, 2.05) is 6.92 Å². The Morgan fingerprint density at radius 1 is 1.25 bits per heavy atom. The molecule has 0 fully saturated rings. The summed E-state index contributed by atoms with van der Waals surface area (Å²) < 4.78 is 33.4. The number of hydrogen-bond donors (Lipinski definition) is 0. The predicted octanol–water partition coefficient (Wildman–Crippen LogP) is 1.26. The number of esters is 1. The summed E-state index contributed by atoms with van der Waals surface area (Å²) in [7, 11) is -0.571. The first-order chi connectivity index (χ1) is 11.3. The van der Waals surface area contributed by atoms with Crippen LogP contribution in [0.2, 0.25) is 0 Å². The molecule has 2 aromatic rings. The van der Waals surface area contributed by atoms with Crippen molar-refractivity contribution in [3.8, 4) is 0 Å². The Kier molecular flexibility index (Phi) is 4.18. The van der Waals surface area contributed by atoms with Crippen molar-refractivity contribution in [3.63, 3.8) is 0 Å². The smallest absolute Gasteiger partial charge is 0.358 e. The van der Waals surface area contributed by atoms with Gasteiger partial charge in [0, 0.05) is 19.2 Å². The van der Waals surface area contributed by atoms with Gasteiger partial charge in [-0.2, -0.15) is 9.40 Å². The number of nitrogens with zero attached hydrogens (tertiary/aromatic N) is 3. The lowest BCUT2D eigenvalue weighted by Crippen LogP contribution is -2.36. The van der Waals surface area contributed by atoms with Gasteiger partial charge in [-0.05, 0) is 25.5 Å². The molecule has 0 saturated carbocycles. The quantitative estimate of drug-likeness (QED) is 0.779. The van der Waals surface area contributed by atoms with Gasteiger partial charge in [-0.3, -0.25) is 4.68 Å². The number of methoxy groups -OCH3 is 1. The fraction of sp³-hybridized carbons (Fsp3) is 0.375. The van der Waals surface area contributed by atoms with Crippen LogP contribution in [0.25, 0.3) is 0 Å². The third-order valence-electron chi connectivity index (χ3n) is 4.25. The fourth-order valence-electron chi connectivity index (χ4n) is 2.87. The van der Waals surface area contributed by atoms with E-state index < -0.39 is 16.0 Å². The van der Waals surface area contributed by atoms with Crippen LogP contribution in [0, 0.1) is 6.92 Å². The molecule has 7 nitrogen and oxygen atoms in total. The van der Waals surface area contributed by atoms with Crippen molar-refractivity contribution >= 4 is 16.0 Å². The number of aromatic nitrogens is 2. The van der Waals surface area contributed by atoms with Crippen molar-refractivity contribution in [3.05, 3.63) is 46.8 Å². The number of rotatable bonds is 3. The van der Waals surface area contributed by atoms with Crippen LogP contribution in [0.3, 0.4) is 0 Å². The van der Waals surface area contributed by atoms with Crippen LogP contribution in [0.15, 0.2) is 29.2 Å². The highest BCUT2D eigenvalue weighted by Gasteiger charge is 2.33. The molecule has 8 heteroatoms. The molecule has 0 unspecified atom stereocenters. The number of aryl methyl sites for hydroxylation is 2. The number of fused-ring (bicyclic) bond motifs is 1. The van der Waals surface area contributed by atoms with E-state index in [0.29, 0.717) is 13.0 Å². The molecule has 1 aliphatic rings. The number of carbonyl (C=O) groups is 1. The van der Waals surface area contributed by atoms with E-state index in [9.17, 15) is 13.2 Å². The summed E-state index contributed by atoms with van der Waals surface area (Å²) in [4.78, 5) is 12.1. The summed E-state index contributed by atoms with van der Waals surface area (Å²) in [5.41, 5.74) is 2.75. The van der Waals surface area contributed by atoms with E-state index in [1.54, 1.807) is 36.0 Å². The molecule has 0 amide bonds. The Morgan fingerprint density at radius 2 is 1.92 bits per heavy atom. The van der Waals surface area contributed by atoms with E-state index in [0.717, 1.165) is 16.8 Å². The normalized spacial score (nSPS) is 15.1. The molecule has 1 aliphatic heterocycles. The molecule has 0 radical (unpaired) electrons. The number of ether oxygens (including phenoxy) is 1. The van der Waals surface area contributed by atoms with Crippen molar-refractivity contribution in [2.24, 2.45) is 7.05 Å². The summed E-state index contributed by atoms with van der Waals surface area (Å²) in [6, 6.07) is 6.79. The maximum absolute atomic E-state index is 12.8.